The van der Waals surface area contributed by atoms with Crippen LogP contribution in [-0.4, -0.2) is 12.8 Å². The van der Waals surface area contributed by atoms with Gasteiger partial charge in [0.15, 0.2) is 0 Å². The van der Waals surface area contributed by atoms with Gasteiger partial charge < -0.3 is 4.31 Å². The maximum Gasteiger partial charge on any atom is 0.0501 e. The first-order chi connectivity index (χ1) is 6.31. The lowest BCUT2D eigenvalue weighted by molar-refractivity contribution is 0.795. The van der Waals surface area contributed by atoms with E-state index in [1.165, 1.54) is 36.2 Å². The summed E-state index contributed by atoms with van der Waals surface area (Å²) < 4.78 is 2.39. The summed E-state index contributed by atoms with van der Waals surface area (Å²) >= 11 is 1.83. The van der Waals surface area contributed by atoms with Crippen LogP contribution in [0.5, 0.6) is 0 Å². The second-order valence-electron chi connectivity index (χ2n) is 3.52. The van der Waals surface area contributed by atoms with Crippen LogP contribution < -0.4 is 4.31 Å². The Morgan fingerprint density at radius 2 is 2.23 bits per heavy atom. The number of aryl methyl sites for hydroxylation is 2. The van der Waals surface area contributed by atoms with Crippen molar-refractivity contribution >= 4 is 17.6 Å². The number of hydrogen-bond acceptors (Lipinski definition) is 2. The molecular weight excluding hydrogens is 178 g/mol. The van der Waals surface area contributed by atoms with Crippen molar-refractivity contribution in [3.05, 3.63) is 29.3 Å². The predicted molar refractivity (Wildman–Crippen MR) is 60.4 cm³/mol. The average Bonchev–Trinajstić information content (AvgIpc) is 2.16. The largest absolute Gasteiger partial charge is 0.316 e. The van der Waals surface area contributed by atoms with E-state index in [4.69, 9.17) is 0 Å². The summed E-state index contributed by atoms with van der Waals surface area (Å²) in [5.41, 5.74) is 4.31. The summed E-state index contributed by atoms with van der Waals surface area (Å²) in [7, 11) is 0. The molecule has 0 radical (unpaired) electrons. The molecule has 0 aliphatic carbocycles. The molecule has 0 unspecified atom stereocenters. The summed E-state index contributed by atoms with van der Waals surface area (Å²) in [5, 5.41) is 0. The molecule has 0 saturated carbocycles. The van der Waals surface area contributed by atoms with Gasteiger partial charge in [0.2, 0.25) is 0 Å². The molecule has 0 atom stereocenters. The SMILES string of the molecule is CSN1CCCc2cc(C)ccc21. The van der Waals surface area contributed by atoms with E-state index < -0.39 is 0 Å². The summed E-state index contributed by atoms with van der Waals surface area (Å²) in [4.78, 5) is 0. The molecule has 0 N–H and O–H groups in total. The van der Waals surface area contributed by atoms with Gasteiger partial charge in [-0.1, -0.05) is 29.6 Å². The molecule has 0 bridgehead atoms. The van der Waals surface area contributed by atoms with Gasteiger partial charge in [-0.25, -0.2) is 0 Å². The topological polar surface area (TPSA) is 3.24 Å². The minimum absolute atomic E-state index is 1.19. The molecule has 2 rings (SSSR count). The second kappa shape index (κ2) is 3.62. The van der Waals surface area contributed by atoms with Crippen molar-refractivity contribution in [1.29, 1.82) is 0 Å². The predicted octanol–water partition coefficient (Wildman–Crippen LogP) is 3.03. The molecule has 1 aliphatic heterocycles. The molecule has 1 aromatic rings. The van der Waals surface area contributed by atoms with Crippen LogP contribution in [-0.2, 0) is 6.42 Å². The molecule has 0 fully saturated rings. The van der Waals surface area contributed by atoms with E-state index in [2.05, 4.69) is 35.7 Å². The summed E-state index contributed by atoms with van der Waals surface area (Å²) in [5.74, 6) is 0. The minimum Gasteiger partial charge on any atom is -0.316 e. The summed E-state index contributed by atoms with van der Waals surface area (Å²) in [6.45, 7) is 3.36. The normalized spacial score (nSPS) is 15.7. The standard InChI is InChI=1S/C11H15NS/c1-9-5-6-11-10(8-9)4-3-7-12(11)13-2/h5-6,8H,3-4,7H2,1-2H3. The van der Waals surface area contributed by atoms with Crippen molar-refractivity contribution < 1.29 is 0 Å². The van der Waals surface area contributed by atoms with E-state index in [0.29, 0.717) is 0 Å². The highest BCUT2D eigenvalue weighted by molar-refractivity contribution is 7.99. The molecule has 13 heavy (non-hydrogen) atoms. The first-order valence-corrected chi connectivity index (χ1v) is 5.90. The molecule has 0 aromatic heterocycles. The lowest BCUT2D eigenvalue weighted by Crippen LogP contribution is -2.21. The molecule has 0 spiro atoms. The quantitative estimate of drug-likeness (QED) is 0.631. The Balaban J connectivity index is 2.40. The van der Waals surface area contributed by atoms with E-state index in [9.17, 15) is 0 Å². The second-order valence-corrected chi connectivity index (χ2v) is 4.33. The van der Waals surface area contributed by atoms with Crippen LogP contribution in [0, 0.1) is 6.92 Å². The molecule has 0 saturated heterocycles. The van der Waals surface area contributed by atoms with Crippen LogP contribution in [0.3, 0.4) is 0 Å². The maximum atomic E-state index is 2.39. The van der Waals surface area contributed by atoms with Crippen LogP contribution >= 0.6 is 11.9 Å². The van der Waals surface area contributed by atoms with Gasteiger partial charge in [0.05, 0.1) is 5.69 Å². The van der Waals surface area contributed by atoms with Crippen LogP contribution in [0.1, 0.15) is 17.5 Å². The lowest BCUT2D eigenvalue weighted by atomic mass is 10.0. The Hall–Kier alpha value is -0.630. The maximum absolute atomic E-state index is 2.39. The van der Waals surface area contributed by atoms with Crippen LogP contribution in [0.15, 0.2) is 18.2 Å². The van der Waals surface area contributed by atoms with Crippen molar-refractivity contribution in [3.63, 3.8) is 0 Å². The Morgan fingerprint density at radius 1 is 1.38 bits per heavy atom. The van der Waals surface area contributed by atoms with E-state index in [1.54, 1.807) is 0 Å². The Labute approximate surface area is 84.3 Å². The first kappa shape index (κ1) is 8.95. The molecule has 70 valence electrons. The van der Waals surface area contributed by atoms with Crippen molar-refractivity contribution in [2.24, 2.45) is 0 Å². The van der Waals surface area contributed by atoms with Crippen LogP contribution in [0.4, 0.5) is 5.69 Å². The van der Waals surface area contributed by atoms with Crippen molar-refractivity contribution in [2.75, 3.05) is 17.1 Å². The highest BCUT2D eigenvalue weighted by Gasteiger charge is 2.15. The Bertz CT molecular complexity index is 309. The molecule has 1 heterocycles. The van der Waals surface area contributed by atoms with Crippen molar-refractivity contribution in [1.82, 2.24) is 0 Å². The van der Waals surface area contributed by atoms with Gasteiger partial charge in [-0.2, -0.15) is 0 Å². The molecular formula is C11H15NS. The molecule has 0 amide bonds. The van der Waals surface area contributed by atoms with Gasteiger partial charge in [-0.05, 0) is 31.4 Å². The van der Waals surface area contributed by atoms with Crippen molar-refractivity contribution in [2.45, 2.75) is 19.8 Å². The number of fused-ring (bicyclic) bond motifs is 1. The van der Waals surface area contributed by atoms with Gasteiger partial charge in [-0.3, -0.25) is 0 Å². The Kier molecular flexibility index (Phi) is 2.49. The highest BCUT2D eigenvalue weighted by Crippen LogP contribution is 2.31. The minimum atomic E-state index is 1.19. The fourth-order valence-corrected chi connectivity index (χ4v) is 2.57. The zero-order valence-electron chi connectivity index (χ0n) is 8.21. The van der Waals surface area contributed by atoms with Crippen LogP contribution in [0.2, 0.25) is 0 Å². The number of anilines is 1. The van der Waals surface area contributed by atoms with Gasteiger partial charge in [0.1, 0.15) is 0 Å². The molecule has 1 nitrogen and oxygen atoms in total. The van der Waals surface area contributed by atoms with E-state index in [-0.39, 0.29) is 0 Å². The van der Waals surface area contributed by atoms with Gasteiger partial charge >= 0.3 is 0 Å². The summed E-state index contributed by atoms with van der Waals surface area (Å²) in [6.07, 6.45) is 4.68. The van der Waals surface area contributed by atoms with E-state index in [1.807, 2.05) is 11.9 Å². The van der Waals surface area contributed by atoms with E-state index >= 15 is 0 Å². The van der Waals surface area contributed by atoms with Crippen molar-refractivity contribution in [3.8, 4) is 0 Å². The fraction of sp³-hybridized carbons (Fsp3) is 0.455. The monoisotopic (exact) mass is 193 g/mol. The molecule has 1 aliphatic rings. The third-order valence-electron chi connectivity index (χ3n) is 2.53. The fourth-order valence-electron chi connectivity index (χ4n) is 1.88. The number of nitrogens with zero attached hydrogens (tertiary/aromatic N) is 1. The highest BCUT2D eigenvalue weighted by atomic mass is 32.2. The third-order valence-corrected chi connectivity index (χ3v) is 3.35. The van der Waals surface area contributed by atoms with Gasteiger partial charge in [0.25, 0.3) is 0 Å². The Morgan fingerprint density at radius 3 is 3.00 bits per heavy atom. The van der Waals surface area contributed by atoms with Gasteiger partial charge in [0, 0.05) is 12.8 Å². The third kappa shape index (κ3) is 1.68. The first-order valence-electron chi connectivity index (χ1n) is 4.72. The molecule has 2 heteroatoms. The van der Waals surface area contributed by atoms with E-state index in [0.717, 1.165) is 0 Å². The number of rotatable bonds is 1. The number of hydrogen-bond donors (Lipinski definition) is 0. The van der Waals surface area contributed by atoms with Gasteiger partial charge in [-0.15, -0.1) is 0 Å². The zero-order valence-corrected chi connectivity index (χ0v) is 9.03. The zero-order chi connectivity index (χ0) is 9.26. The smallest absolute Gasteiger partial charge is 0.0501 e. The average molecular weight is 193 g/mol. The molecule has 1 aromatic carbocycles. The van der Waals surface area contributed by atoms with Crippen LogP contribution in [0.25, 0.3) is 0 Å². The lowest BCUT2D eigenvalue weighted by Gasteiger charge is -2.29. The summed E-state index contributed by atoms with van der Waals surface area (Å²) in [6, 6.07) is 6.77. The number of benzene rings is 1.